The first-order valence-electron chi connectivity index (χ1n) is 4.98. The zero-order valence-electron chi connectivity index (χ0n) is 8.66. The molecule has 2 rings (SSSR count). The summed E-state index contributed by atoms with van der Waals surface area (Å²) in [5, 5.41) is 10.6. The minimum absolute atomic E-state index is 0.492. The van der Waals surface area contributed by atoms with Gasteiger partial charge >= 0.3 is 0 Å². The van der Waals surface area contributed by atoms with Gasteiger partial charge in [0, 0.05) is 6.42 Å². The summed E-state index contributed by atoms with van der Waals surface area (Å²) in [6, 6.07) is 9.76. The Bertz CT molecular complexity index is 318. The number of rotatable bonds is 1. The van der Waals surface area contributed by atoms with Crippen molar-refractivity contribution in [1.82, 2.24) is 0 Å². The number of hydrogen-bond donors (Lipinski definition) is 1. The second kappa shape index (κ2) is 3.07. The van der Waals surface area contributed by atoms with Gasteiger partial charge in [0.1, 0.15) is 5.60 Å². The van der Waals surface area contributed by atoms with Gasteiger partial charge in [-0.3, -0.25) is 0 Å². The van der Waals surface area contributed by atoms with E-state index >= 15 is 0 Å². The Morgan fingerprint density at radius 1 is 1.21 bits per heavy atom. The molecule has 1 aromatic rings. The first-order chi connectivity index (χ1) is 6.56. The maximum atomic E-state index is 10.6. The topological polar surface area (TPSA) is 29.5 Å². The summed E-state index contributed by atoms with van der Waals surface area (Å²) in [6.45, 7) is 4.50. The number of ether oxygens (including phenoxy) is 1. The second-order valence-electron chi connectivity index (χ2n) is 4.34. The van der Waals surface area contributed by atoms with Crippen LogP contribution in [0.4, 0.5) is 0 Å². The van der Waals surface area contributed by atoms with Crippen molar-refractivity contribution in [2.75, 3.05) is 6.61 Å². The highest BCUT2D eigenvalue weighted by molar-refractivity contribution is 5.26. The van der Waals surface area contributed by atoms with Crippen LogP contribution in [0.5, 0.6) is 0 Å². The van der Waals surface area contributed by atoms with Crippen molar-refractivity contribution in [3.8, 4) is 0 Å². The summed E-state index contributed by atoms with van der Waals surface area (Å²) >= 11 is 0. The molecule has 1 saturated heterocycles. The normalized spacial score (nSPS) is 30.5. The van der Waals surface area contributed by atoms with E-state index in [2.05, 4.69) is 0 Å². The largest absolute Gasteiger partial charge is 0.382 e. The molecule has 0 aliphatic carbocycles. The number of benzene rings is 1. The molecule has 76 valence electrons. The maximum Gasteiger partial charge on any atom is 0.120 e. The van der Waals surface area contributed by atoms with Crippen molar-refractivity contribution in [1.29, 1.82) is 0 Å². The van der Waals surface area contributed by atoms with E-state index in [0.717, 1.165) is 5.56 Å². The highest BCUT2D eigenvalue weighted by Crippen LogP contribution is 2.43. The summed E-state index contributed by atoms with van der Waals surface area (Å²) in [7, 11) is 0. The lowest BCUT2D eigenvalue weighted by Gasteiger charge is -2.35. The molecular weight excluding hydrogens is 176 g/mol. The number of aliphatic hydroxyl groups is 1. The van der Waals surface area contributed by atoms with Crippen LogP contribution in [0.3, 0.4) is 0 Å². The summed E-state index contributed by atoms with van der Waals surface area (Å²) in [5.74, 6) is 0. The third-order valence-corrected chi connectivity index (χ3v) is 3.17. The van der Waals surface area contributed by atoms with Crippen molar-refractivity contribution in [2.24, 2.45) is 0 Å². The molecule has 2 heteroatoms. The molecule has 1 unspecified atom stereocenters. The molecule has 1 fully saturated rings. The first-order valence-corrected chi connectivity index (χ1v) is 4.98. The molecule has 1 atom stereocenters. The fraction of sp³-hybridized carbons (Fsp3) is 0.500. The molecule has 14 heavy (non-hydrogen) atoms. The van der Waals surface area contributed by atoms with E-state index in [-0.39, 0.29) is 0 Å². The molecule has 0 amide bonds. The van der Waals surface area contributed by atoms with Gasteiger partial charge in [0.05, 0.1) is 12.2 Å². The van der Waals surface area contributed by atoms with Crippen LogP contribution in [0.1, 0.15) is 25.8 Å². The van der Waals surface area contributed by atoms with Gasteiger partial charge in [-0.2, -0.15) is 0 Å². The van der Waals surface area contributed by atoms with E-state index in [9.17, 15) is 5.11 Å². The van der Waals surface area contributed by atoms with E-state index < -0.39 is 11.2 Å². The molecule has 0 aromatic heterocycles. The van der Waals surface area contributed by atoms with Gasteiger partial charge in [-0.1, -0.05) is 30.3 Å². The Hall–Kier alpha value is -0.860. The quantitative estimate of drug-likeness (QED) is 0.738. The Balaban J connectivity index is 2.42. The Kier molecular flexibility index (Phi) is 2.13. The highest BCUT2D eigenvalue weighted by Gasteiger charge is 2.50. The summed E-state index contributed by atoms with van der Waals surface area (Å²) in [5.41, 5.74) is -0.384. The van der Waals surface area contributed by atoms with Crippen LogP contribution in [-0.2, 0) is 10.3 Å². The molecule has 0 saturated carbocycles. The maximum absolute atomic E-state index is 10.6. The Morgan fingerprint density at radius 3 is 2.36 bits per heavy atom. The smallest absolute Gasteiger partial charge is 0.120 e. The average molecular weight is 192 g/mol. The summed E-state index contributed by atoms with van der Waals surface area (Å²) in [6.07, 6.45) is 0.671. The summed E-state index contributed by atoms with van der Waals surface area (Å²) < 4.78 is 5.56. The molecule has 1 aliphatic heterocycles. The van der Waals surface area contributed by atoms with E-state index in [1.807, 2.05) is 44.2 Å². The van der Waals surface area contributed by atoms with Gasteiger partial charge in [-0.15, -0.1) is 0 Å². The van der Waals surface area contributed by atoms with Crippen molar-refractivity contribution >= 4 is 0 Å². The monoisotopic (exact) mass is 192 g/mol. The molecule has 2 nitrogen and oxygen atoms in total. The minimum atomic E-state index is -0.839. The van der Waals surface area contributed by atoms with Crippen LogP contribution < -0.4 is 0 Å². The lowest BCUT2D eigenvalue weighted by atomic mass is 9.80. The van der Waals surface area contributed by atoms with Crippen molar-refractivity contribution in [3.63, 3.8) is 0 Å². The molecule has 0 radical (unpaired) electrons. The fourth-order valence-electron chi connectivity index (χ4n) is 2.08. The predicted molar refractivity (Wildman–Crippen MR) is 55.0 cm³/mol. The highest BCUT2D eigenvalue weighted by atomic mass is 16.5. The third kappa shape index (κ3) is 1.26. The zero-order valence-corrected chi connectivity index (χ0v) is 8.66. The van der Waals surface area contributed by atoms with Crippen LogP contribution in [0, 0.1) is 0 Å². The average Bonchev–Trinajstić information content (AvgIpc) is 2.44. The molecule has 1 aliphatic rings. The van der Waals surface area contributed by atoms with E-state index in [1.165, 1.54) is 0 Å². The summed E-state index contributed by atoms with van der Waals surface area (Å²) in [4.78, 5) is 0. The fourth-order valence-corrected chi connectivity index (χ4v) is 2.08. The van der Waals surface area contributed by atoms with Crippen LogP contribution >= 0.6 is 0 Å². The van der Waals surface area contributed by atoms with Crippen molar-refractivity contribution in [2.45, 2.75) is 31.5 Å². The third-order valence-electron chi connectivity index (χ3n) is 3.17. The van der Waals surface area contributed by atoms with Crippen LogP contribution in [0.2, 0.25) is 0 Å². The Morgan fingerprint density at radius 2 is 1.86 bits per heavy atom. The van der Waals surface area contributed by atoms with Crippen molar-refractivity contribution in [3.05, 3.63) is 35.9 Å². The Labute approximate surface area is 84.5 Å². The minimum Gasteiger partial charge on any atom is -0.382 e. The molecule has 1 aromatic carbocycles. The van der Waals surface area contributed by atoms with Crippen LogP contribution in [0.25, 0.3) is 0 Å². The molecular formula is C12H16O2. The molecule has 1 heterocycles. The zero-order chi connectivity index (χ0) is 10.2. The lowest BCUT2D eigenvalue weighted by molar-refractivity contribution is -0.102. The van der Waals surface area contributed by atoms with E-state index in [0.29, 0.717) is 13.0 Å². The molecule has 0 spiro atoms. The standard InChI is InChI=1S/C12H16O2/c1-11(2)12(13,8-9-14-11)10-6-4-3-5-7-10/h3-7,13H,8-9H2,1-2H3. The first kappa shape index (κ1) is 9.69. The van der Waals surface area contributed by atoms with Crippen LogP contribution in [-0.4, -0.2) is 17.3 Å². The van der Waals surface area contributed by atoms with E-state index in [1.54, 1.807) is 0 Å². The number of hydrogen-bond acceptors (Lipinski definition) is 2. The van der Waals surface area contributed by atoms with Gasteiger partial charge in [0.25, 0.3) is 0 Å². The van der Waals surface area contributed by atoms with Gasteiger partial charge < -0.3 is 9.84 Å². The van der Waals surface area contributed by atoms with Crippen molar-refractivity contribution < 1.29 is 9.84 Å². The molecule has 1 N–H and O–H groups in total. The predicted octanol–water partition coefficient (Wildman–Crippen LogP) is 2.07. The molecule has 0 bridgehead atoms. The van der Waals surface area contributed by atoms with Gasteiger partial charge in [0.15, 0.2) is 0 Å². The van der Waals surface area contributed by atoms with Gasteiger partial charge in [-0.05, 0) is 19.4 Å². The van der Waals surface area contributed by atoms with Gasteiger partial charge in [0.2, 0.25) is 0 Å². The second-order valence-corrected chi connectivity index (χ2v) is 4.34. The van der Waals surface area contributed by atoms with Gasteiger partial charge in [-0.25, -0.2) is 0 Å². The lowest BCUT2D eigenvalue weighted by Crippen LogP contribution is -2.43. The SMILES string of the molecule is CC1(C)OCCC1(O)c1ccccc1. The van der Waals surface area contributed by atoms with E-state index in [4.69, 9.17) is 4.74 Å². The van der Waals surface area contributed by atoms with Crippen LogP contribution in [0.15, 0.2) is 30.3 Å².